The highest BCUT2D eigenvalue weighted by Crippen LogP contribution is 2.22. The van der Waals surface area contributed by atoms with Gasteiger partial charge in [-0.05, 0) is 18.6 Å². The second-order valence-electron chi connectivity index (χ2n) is 5.10. The van der Waals surface area contributed by atoms with Crippen molar-refractivity contribution in [3.63, 3.8) is 0 Å². The van der Waals surface area contributed by atoms with Gasteiger partial charge in [0.15, 0.2) is 6.29 Å². The highest BCUT2D eigenvalue weighted by molar-refractivity contribution is 7.80. The third-order valence-electron chi connectivity index (χ3n) is 3.34. The van der Waals surface area contributed by atoms with Crippen molar-refractivity contribution in [2.45, 2.75) is 50.0 Å². The summed E-state index contributed by atoms with van der Waals surface area (Å²) in [5, 5.41) is 40.7. The second-order valence-corrected chi connectivity index (χ2v) is 5.55. The Bertz CT molecular complexity index is 332. The highest BCUT2D eigenvalue weighted by atomic mass is 32.1. The van der Waals surface area contributed by atoms with Crippen molar-refractivity contribution >= 4 is 18.5 Å². The number of carbonyl (C=O) groups is 1. The molecule has 1 aliphatic rings. The van der Waals surface area contributed by atoms with Gasteiger partial charge >= 0.3 is 0 Å². The molecule has 0 aromatic heterocycles. The van der Waals surface area contributed by atoms with Crippen LogP contribution in [0.15, 0.2) is 0 Å². The monoisotopic (exact) mass is 339 g/mol. The molecule has 8 nitrogen and oxygen atoms in total. The summed E-state index contributed by atoms with van der Waals surface area (Å²) in [4.78, 5) is 11.4. The second kappa shape index (κ2) is 10.4. The maximum atomic E-state index is 11.4. The van der Waals surface area contributed by atoms with E-state index >= 15 is 0 Å². The SMILES string of the molecule is O=C(CCCO[C@H]1O[C@H](CO)[C@@H](O)[C@H](O)[C@@H]1O)NCCCS. The molecule has 22 heavy (non-hydrogen) atoms. The Balaban J connectivity index is 2.24. The topological polar surface area (TPSA) is 128 Å². The Morgan fingerprint density at radius 1 is 1.18 bits per heavy atom. The molecule has 1 heterocycles. The summed E-state index contributed by atoms with van der Waals surface area (Å²) in [6, 6.07) is 0. The minimum absolute atomic E-state index is 0.0980. The molecule has 130 valence electrons. The number of aliphatic hydroxyl groups excluding tert-OH is 4. The molecule has 0 aliphatic carbocycles. The number of amides is 1. The standard InChI is InChI=1S/C13H25NO7S/c15-7-8-10(17)11(18)12(19)13(21-8)20-5-1-3-9(16)14-4-2-6-22/h8,10-13,15,17-19,22H,1-7H2,(H,14,16)/t8-,10-,11+,12+,13+/m1/s1. The van der Waals surface area contributed by atoms with Gasteiger partial charge in [-0.3, -0.25) is 4.79 Å². The van der Waals surface area contributed by atoms with E-state index in [9.17, 15) is 20.1 Å². The van der Waals surface area contributed by atoms with Crippen LogP contribution in [0, 0.1) is 0 Å². The van der Waals surface area contributed by atoms with Crippen LogP contribution in [0.4, 0.5) is 0 Å². The zero-order valence-corrected chi connectivity index (χ0v) is 13.2. The lowest BCUT2D eigenvalue weighted by molar-refractivity contribution is -0.301. The molecule has 0 unspecified atom stereocenters. The maximum absolute atomic E-state index is 11.4. The summed E-state index contributed by atoms with van der Waals surface area (Å²) < 4.78 is 10.5. The fraction of sp³-hybridized carbons (Fsp3) is 0.923. The van der Waals surface area contributed by atoms with E-state index in [1.54, 1.807) is 0 Å². The molecular weight excluding hydrogens is 314 g/mol. The average molecular weight is 339 g/mol. The molecule has 0 aromatic carbocycles. The first-order chi connectivity index (χ1) is 10.5. The van der Waals surface area contributed by atoms with Gasteiger partial charge in [0.25, 0.3) is 0 Å². The van der Waals surface area contributed by atoms with E-state index in [0.29, 0.717) is 18.7 Å². The molecule has 5 N–H and O–H groups in total. The Kier molecular flexibility index (Phi) is 9.25. The van der Waals surface area contributed by atoms with Crippen molar-refractivity contribution in [1.29, 1.82) is 0 Å². The van der Waals surface area contributed by atoms with Gasteiger partial charge in [0.05, 0.1) is 13.2 Å². The normalized spacial score (nSPS) is 32.0. The van der Waals surface area contributed by atoms with Crippen LogP contribution in [0.25, 0.3) is 0 Å². The number of ether oxygens (including phenoxy) is 2. The fourth-order valence-electron chi connectivity index (χ4n) is 2.03. The molecule has 0 radical (unpaired) electrons. The lowest BCUT2D eigenvalue weighted by atomic mass is 9.99. The molecule has 0 aromatic rings. The Morgan fingerprint density at radius 2 is 1.91 bits per heavy atom. The quantitative estimate of drug-likeness (QED) is 0.212. The van der Waals surface area contributed by atoms with Gasteiger partial charge in [0.1, 0.15) is 24.4 Å². The van der Waals surface area contributed by atoms with E-state index in [2.05, 4.69) is 17.9 Å². The Hall–Kier alpha value is -0.420. The first-order valence-electron chi connectivity index (χ1n) is 7.31. The molecular formula is C13H25NO7S. The summed E-state index contributed by atoms with van der Waals surface area (Å²) in [6.45, 7) is 0.219. The van der Waals surface area contributed by atoms with Gasteiger partial charge in [-0.2, -0.15) is 12.6 Å². The summed E-state index contributed by atoms with van der Waals surface area (Å²) in [6.07, 6.45) is -4.93. The number of rotatable bonds is 9. The predicted molar refractivity (Wildman–Crippen MR) is 80.4 cm³/mol. The lowest BCUT2D eigenvalue weighted by Crippen LogP contribution is -2.59. The van der Waals surface area contributed by atoms with Crippen molar-refractivity contribution in [1.82, 2.24) is 5.32 Å². The van der Waals surface area contributed by atoms with Crippen molar-refractivity contribution in [3.8, 4) is 0 Å². The van der Waals surface area contributed by atoms with Crippen LogP contribution in [-0.4, -0.2) is 82.6 Å². The number of thiol groups is 1. The number of nitrogens with one attached hydrogen (secondary N) is 1. The highest BCUT2D eigenvalue weighted by Gasteiger charge is 2.43. The van der Waals surface area contributed by atoms with Crippen LogP contribution in [0.5, 0.6) is 0 Å². The fourth-order valence-corrected chi connectivity index (χ4v) is 2.19. The molecule has 1 amide bonds. The summed E-state index contributed by atoms with van der Waals surface area (Å²) in [7, 11) is 0. The van der Waals surface area contributed by atoms with Gasteiger partial charge in [-0.25, -0.2) is 0 Å². The Morgan fingerprint density at radius 3 is 2.55 bits per heavy atom. The molecule has 5 atom stereocenters. The zero-order valence-electron chi connectivity index (χ0n) is 12.3. The van der Waals surface area contributed by atoms with Crippen molar-refractivity contribution in [2.75, 3.05) is 25.5 Å². The molecule has 1 rings (SSSR count). The smallest absolute Gasteiger partial charge is 0.220 e. The zero-order chi connectivity index (χ0) is 16.5. The van der Waals surface area contributed by atoms with Crippen molar-refractivity contribution < 1.29 is 34.7 Å². The molecule has 9 heteroatoms. The van der Waals surface area contributed by atoms with E-state index in [-0.39, 0.29) is 18.9 Å². The molecule has 0 bridgehead atoms. The van der Waals surface area contributed by atoms with E-state index < -0.39 is 37.3 Å². The van der Waals surface area contributed by atoms with Gasteiger partial charge in [-0.15, -0.1) is 0 Å². The molecule has 0 spiro atoms. The van der Waals surface area contributed by atoms with E-state index in [0.717, 1.165) is 6.42 Å². The molecule has 1 aliphatic heterocycles. The minimum Gasteiger partial charge on any atom is -0.394 e. The first kappa shape index (κ1) is 19.6. The van der Waals surface area contributed by atoms with Gasteiger partial charge in [-0.1, -0.05) is 0 Å². The molecule has 1 saturated heterocycles. The van der Waals surface area contributed by atoms with Crippen LogP contribution in [-0.2, 0) is 14.3 Å². The van der Waals surface area contributed by atoms with Crippen LogP contribution in [0.1, 0.15) is 19.3 Å². The average Bonchev–Trinajstić information content (AvgIpc) is 2.51. The van der Waals surface area contributed by atoms with Crippen LogP contribution in [0.2, 0.25) is 0 Å². The number of hydrogen-bond donors (Lipinski definition) is 6. The third kappa shape index (κ3) is 5.99. The van der Waals surface area contributed by atoms with Crippen LogP contribution >= 0.6 is 12.6 Å². The van der Waals surface area contributed by atoms with Crippen molar-refractivity contribution in [3.05, 3.63) is 0 Å². The first-order valence-corrected chi connectivity index (χ1v) is 7.94. The molecule has 0 saturated carbocycles. The van der Waals surface area contributed by atoms with Gasteiger partial charge in [0, 0.05) is 13.0 Å². The number of hydrogen-bond acceptors (Lipinski definition) is 8. The van der Waals surface area contributed by atoms with E-state index in [4.69, 9.17) is 14.6 Å². The molecule has 1 fully saturated rings. The third-order valence-corrected chi connectivity index (χ3v) is 3.65. The minimum atomic E-state index is -1.46. The number of carbonyl (C=O) groups excluding carboxylic acids is 1. The maximum Gasteiger partial charge on any atom is 0.220 e. The van der Waals surface area contributed by atoms with Crippen LogP contribution < -0.4 is 5.32 Å². The largest absolute Gasteiger partial charge is 0.394 e. The summed E-state index contributed by atoms with van der Waals surface area (Å²) >= 11 is 4.04. The predicted octanol–water partition coefficient (Wildman–Crippen LogP) is -1.98. The van der Waals surface area contributed by atoms with Gasteiger partial charge < -0.3 is 35.2 Å². The lowest BCUT2D eigenvalue weighted by Gasteiger charge is -2.39. The van der Waals surface area contributed by atoms with E-state index in [1.807, 2.05) is 0 Å². The summed E-state index contributed by atoms with van der Waals surface area (Å²) in [5.41, 5.74) is 0. The summed E-state index contributed by atoms with van der Waals surface area (Å²) in [5.74, 6) is 0.611. The van der Waals surface area contributed by atoms with Crippen molar-refractivity contribution in [2.24, 2.45) is 0 Å². The van der Waals surface area contributed by atoms with Gasteiger partial charge in [0.2, 0.25) is 5.91 Å². The van der Waals surface area contributed by atoms with E-state index in [1.165, 1.54) is 0 Å². The Labute approximate surface area is 134 Å². The van der Waals surface area contributed by atoms with Crippen LogP contribution in [0.3, 0.4) is 0 Å². The number of aliphatic hydroxyl groups is 4.